The predicted molar refractivity (Wildman–Crippen MR) is 82.1 cm³/mol. The highest BCUT2D eigenvalue weighted by Crippen LogP contribution is 2.56. The fraction of sp³-hybridized carbons (Fsp3) is 0.556. The Labute approximate surface area is 130 Å². The van der Waals surface area contributed by atoms with Crippen LogP contribution in [0.4, 0.5) is 0 Å². The summed E-state index contributed by atoms with van der Waals surface area (Å²) in [6.07, 6.45) is 4.77. The Morgan fingerprint density at radius 2 is 1.82 bits per heavy atom. The largest absolute Gasteiger partial charge is 0.455 e. The highest BCUT2D eigenvalue weighted by Gasteiger charge is 2.56. The molecule has 0 spiro atoms. The minimum absolute atomic E-state index is 0.218. The van der Waals surface area contributed by atoms with Crippen molar-refractivity contribution in [3.8, 4) is 0 Å². The van der Waals surface area contributed by atoms with Crippen molar-refractivity contribution < 1.29 is 14.7 Å². The molecule has 4 nitrogen and oxygen atoms in total. The fourth-order valence-corrected chi connectivity index (χ4v) is 4.93. The second kappa shape index (κ2) is 4.83. The van der Waals surface area contributed by atoms with Crippen molar-refractivity contribution >= 4 is 11.7 Å². The van der Waals surface area contributed by atoms with Crippen LogP contribution in [0.5, 0.6) is 0 Å². The van der Waals surface area contributed by atoms with E-state index < -0.39 is 0 Å². The van der Waals surface area contributed by atoms with Crippen LogP contribution in [0.1, 0.15) is 48.0 Å². The first-order valence-corrected chi connectivity index (χ1v) is 8.10. The van der Waals surface area contributed by atoms with Crippen LogP contribution in [0, 0.1) is 24.7 Å². The predicted octanol–water partition coefficient (Wildman–Crippen LogP) is 3.56. The van der Waals surface area contributed by atoms with Crippen LogP contribution in [-0.4, -0.2) is 22.5 Å². The van der Waals surface area contributed by atoms with Gasteiger partial charge < -0.3 is 9.94 Å². The molecule has 0 radical (unpaired) electrons. The van der Waals surface area contributed by atoms with Crippen molar-refractivity contribution in [1.29, 1.82) is 0 Å². The zero-order chi connectivity index (χ0) is 15.3. The molecule has 4 saturated carbocycles. The highest BCUT2D eigenvalue weighted by molar-refractivity contribution is 5.92. The average Bonchev–Trinajstić information content (AvgIpc) is 2.46. The summed E-state index contributed by atoms with van der Waals surface area (Å²) in [5.74, 6) is 0.974. The van der Waals surface area contributed by atoms with Crippen LogP contribution in [-0.2, 0) is 4.74 Å². The van der Waals surface area contributed by atoms with Crippen molar-refractivity contribution in [3.63, 3.8) is 0 Å². The Hall–Kier alpha value is -1.84. The molecule has 22 heavy (non-hydrogen) atoms. The summed E-state index contributed by atoms with van der Waals surface area (Å²) in [4.78, 5) is 12.5. The monoisotopic (exact) mass is 299 g/mol. The summed E-state index contributed by atoms with van der Waals surface area (Å²) in [7, 11) is 0. The Balaban J connectivity index is 1.56. The molecule has 4 fully saturated rings. The van der Waals surface area contributed by atoms with E-state index in [1.54, 1.807) is 0 Å². The number of benzene rings is 1. The number of hydrogen-bond donors (Lipinski definition) is 1. The summed E-state index contributed by atoms with van der Waals surface area (Å²) < 4.78 is 5.99. The van der Waals surface area contributed by atoms with Gasteiger partial charge in [0.1, 0.15) is 5.60 Å². The second-order valence-electron chi connectivity index (χ2n) is 7.31. The number of oxime groups is 1. The Morgan fingerprint density at radius 3 is 2.41 bits per heavy atom. The van der Waals surface area contributed by atoms with Crippen molar-refractivity contribution in [3.05, 3.63) is 35.4 Å². The molecule has 1 aromatic rings. The number of carbonyl (C=O) groups excluding carboxylic acids is 1. The molecule has 4 aliphatic rings. The number of hydrogen-bond acceptors (Lipinski definition) is 4. The summed E-state index contributed by atoms with van der Waals surface area (Å²) in [5, 5.41) is 12.8. The van der Waals surface area contributed by atoms with Crippen LogP contribution in [0.15, 0.2) is 29.4 Å². The number of carbonyl (C=O) groups is 1. The minimum Gasteiger partial charge on any atom is -0.455 e. The van der Waals surface area contributed by atoms with E-state index in [4.69, 9.17) is 4.74 Å². The normalized spacial score (nSPS) is 35.5. The molecule has 4 bridgehead atoms. The molecule has 0 aromatic heterocycles. The fourth-order valence-electron chi connectivity index (χ4n) is 4.93. The van der Waals surface area contributed by atoms with Gasteiger partial charge in [-0.2, -0.15) is 0 Å². The van der Waals surface area contributed by atoms with E-state index >= 15 is 0 Å². The topological polar surface area (TPSA) is 58.9 Å². The maximum absolute atomic E-state index is 12.5. The van der Waals surface area contributed by atoms with Crippen LogP contribution in [0.25, 0.3) is 0 Å². The summed E-state index contributed by atoms with van der Waals surface area (Å²) in [5.41, 5.74) is 2.36. The van der Waals surface area contributed by atoms with E-state index in [0.717, 1.165) is 43.4 Å². The molecule has 1 aromatic carbocycles. The summed E-state index contributed by atoms with van der Waals surface area (Å²) in [6, 6.07) is 7.54. The van der Waals surface area contributed by atoms with Gasteiger partial charge in [0.05, 0.1) is 11.3 Å². The van der Waals surface area contributed by atoms with Crippen LogP contribution in [0.3, 0.4) is 0 Å². The van der Waals surface area contributed by atoms with Gasteiger partial charge in [-0.3, -0.25) is 0 Å². The van der Waals surface area contributed by atoms with Crippen molar-refractivity contribution in [2.75, 3.05) is 0 Å². The quantitative estimate of drug-likeness (QED) is 0.516. The van der Waals surface area contributed by atoms with E-state index in [2.05, 4.69) is 5.16 Å². The molecule has 0 aliphatic heterocycles. The maximum atomic E-state index is 12.5. The number of esters is 1. The Morgan fingerprint density at radius 1 is 1.18 bits per heavy atom. The van der Waals surface area contributed by atoms with Crippen molar-refractivity contribution in [2.24, 2.45) is 22.9 Å². The van der Waals surface area contributed by atoms with Gasteiger partial charge >= 0.3 is 5.97 Å². The lowest BCUT2D eigenvalue weighted by Gasteiger charge is -2.55. The standard InChI is InChI=1S/C18H21NO3/c1-11-2-4-13(5-3-11)17(20)22-18-8-12-6-14(9-18)16(19-21)15(7-12)10-18/h2-5,12,14-15,21H,6-10H2,1H3. The van der Waals surface area contributed by atoms with E-state index in [0.29, 0.717) is 23.3 Å². The maximum Gasteiger partial charge on any atom is 0.338 e. The third kappa shape index (κ3) is 2.13. The van der Waals surface area contributed by atoms with Crippen LogP contribution >= 0.6 is 0 Å². The number of aryl methyl sites for hydroxylation is 1. The van der Waals surface area contributed by atoms with Gasteiger partial charge in [0.15, 0.2) is 0 Å². The second-order valence-corrected chi connectivity index (χ2v) is 7.31. The highest BCUT2D eigenvalue weighted by atomic mass is 16.6. The third-order valence-electron chi connectivity index (χ3n) is 5.68. The van der Waals surface area contributed by atoms with Crippen molar-refractivity contribution in [2.45, 2.75) is 44.6 Å². The van der Waals surface area contributed by atoms with E-state index in [-0.39, 0.29) is 11.6 Å². The van der Waals surface area contributed by atoms with Crippen LogP contribution in [0.2, 0.25) is 0 Å². The molecule has 1 N–H and O–H groups in total. The lowest BCUT2D eigenvalue weighted by Crippen LogP contribution is -2.56. The molecule has 4 aliphatic carbocycles. The zero-order valence-electron chi connectivity index (χ0n) is 12.8. The van der Waals surface area contributed by atoms with Gasteiger partial charge in [0.2, 0.25) is 0 Å². The van der Waals surface area contributed by atoms with Gasteiger partial charge in [-0.1, -0.05) is 22.9 Å². The Kier molecular flexibility index (Phi) is 3.03. The molecule has 116 valence electrons. The van der Waals surface area contributed by atoms with Crippen LogP contribution < -0.4 is 0 Å². The molecule has 0 amide bonds. The smallest absolute Gasteiger partial charge is 0.338 e. The first-order chi connectivity index (χ1) is 10.6. The third-order valence-corrected chi connectivity index (χ3v) is 5.68. The van der Waals surface area contributed by atoms with Gasteiger partial charge in [-0.25, -0.2) is 4.79 Å². The number of rotatable bonds is 2. The lowest BCUT2D eigenvalue weighted by atomic mass is 9.53. The molecular formula is C18H21NO3. The summed E-state index contributed by atoms with van der Waals surface area (Å²) in [6.45, 7) is 2.00. The van der Waals surface area contributed by atoms with E-state index in [1.165, 1.54) is 0 Å². The molecule has 5 rings (SSSR count). The molecule has 2 atom stereocenters. The molecule has 0 heterocycles. The first-order valence-electron chi connectivity index (χ1n) is 8.10. The minimum atomic E-state index is -0.341. The SMILES string of the molecule is Cc1ccc(C(=O)OC23CC4CC(C2)C(=NO)C(C4)C3)cc1. The molecule has 0 saturated heterocycles. The lowest BCUT2D eigenvalue weighted by molar-refractivity contribution is -0.0974. The first kappa shape index (κ1) is 13.8. The number of nitrogens with zero attached hydrogens (tertiary/aromatic N) is 1. The Bertz CT molecular complexity index is 616. The molecular weight excluding hydrogens is 278 g/mol. The van der Waals surface area contributed by atoms with E-state index in [9.17, 15) is 10.0 Å². The number of ether oxygens (including phenoxy) is 1. The summed E-state index contributed by atoms with van der Waals surface area (Å²) >= 11 is 0. The molecule has 4 heteroatoms. The van der Waals surface area contributed by atoms with Gasteiger partial charge in [-0.15, -0.1) is 0 Å². The van der Waals surface area contributed by atoms with Gasteiger partial charge in [-0.05, 0) is 57.1 Å². The molecule has 2 unspecified atom stereocenters. The van der Waals surface area contributed by atoms with E-state index in [1.807, 2.05) is 31.2 Å². The average molecular weight is 299 g/mol. The van der Waals surface area contributed by atoms with Gasteiger partial charge in [0, 0.05) is 11.8 Å². The zero-order valence-corrected chi connectivity index (χ0v) is 12.8. The van der Waals surface area contributed by atoms with Crippen molar-refractivity contribution in [1.82, 2.24) is 0 Å². The van der Waals surface area contributed by atoms with Gasteiger partial charge in [0.25, 0.3) is 0 Å².